The standard InChI is InChI=1S/C19H24BrN3O2S/c1-21-19(23(2)15-16-9-11-17(20)12-10-16)22-13-6-14-26(24,25)18-7-4-3-5-8-18/h3-5,7-12H,6,13-15H2,1-2H3,(H,21,22). The number of nitrogens with zero attached hydrogens (tertiary/aromatic N) is 2. The summed E-state index contributed by atoms with van der Waals surface area (Å²) in [5, 5.41) is 3.23. The van der Waals surface area contributed by atoms with Crippen molar-refractivity contribution in [3.05, 3.63) is 64.6 Å². The Morgan fingerprint density at radius 1 is 1.12 bits per heavy atom. The maximum atomic E-state index is 12.3. The minimum absolute atomic E-state index is 0.109. The van der Waals surface area contributed by atoms with Crippen molar-refractivity contribution in [3.8, 4) is 0 Å². The molecule has 0 radical (unpaired) electrons. The van der Waals surface area contributed by atoms with Gasteiger partial charge in [-0.3, -0.25) is 4.99 Å². The smallest absolute Gasteiger partial charge is 0.193 e. The number of aliphatic imine (C=N–C) groups is 1. The molecule has 0 aliphatic rings. The molecule has 0 heterocycles. The molecule has 0 saturated carbocycles. The predicted octanol–water partition coefficient (Wildman–Crippen LogP) is 3.32. The van der Waals surface area contributed by atoms with Crippen LogP contribution in [0.15, 0.2) is 69.0 Å². The molecule has 140 valence electrons. The first-order valence-electron chi connectivity index (χ1n) is 8.36. The van der Waals surface area contributed by atoms with Gasteiger partial charge in [-0.2, -0.15) is 0 Å². The molecule has 0 atom stereocenters. The van der Waals surface area contributed by atoms with Crippen LogP contribution in [0.1, 0.15) is 12.0 Å². The first-order valence-corrected chi connectivity index (χ1v) is 10.8. The van der Waals surface area contributed by atoms with Crippen molar-refractivity contribution in [1.29, 1.82) is 0 Å². The molecule has 1 N–H and O–H groups in total. The Morgan fingerprint density at radius 2 is 1.77 bits per heavy atom. The molecule has 0 spiro atoms. The van der Waals surface area contributed by atoms with E-state index in [1.807, 2.05) is 30.1 Å². The van der Waals surface area contributed by atoms with Gasteiger partial charge < -0.3 is 10.2 Å². The monoisotopic (exact) mass is 437 g/mol. The Labute approximate surface area is 164 Å². The lowest BCUT2D eigenvalue weighted by Gasteiger charge is -2.22. The first-order chi connectivity index (χ1) is 12.4. The average Bonchev–Trinajstić information content (AvgIpc) is 2.64. The zero-order chi connectivity index (χ0) is 19.0. The third-order valence-corrected chi connectivity index (χ3v) is 6.23. The van der Waals surface area contributed by atoms with E-state index in [9.17, 15) is 8.42 Å². The van der Waals surface area contributed by atoms with Crippen LogP contribution in [0.2, 0.25) is 0 Å². The van der Waals surface area contributed by atoms with E-state index in [2.05, 4.69) is 38.4 Å². The SMILES string of the molecule is CN=C(NCCCS(=O)(=O)c1ccccc1)N(C)Cc1ccc(Br)cc1. The summed E-state index contributed by atoms with van der Waals surface area (Å²) in [5.41, 5.74) is 1.17. The molecular weight excluding hydrogens is 414 g/mol. The van der Waals surface area contributed by atoms with Gasteiger partial charge in [0.15, 0.2) is 15.8 Å². The Kier molecular flexibility index (Phi) is 7.66. The Bertz CT molecular complexity index is 822. The number of sulfone groups is 1. The summed E-state index contributed by atoms with van der Waals surface area (Å²) in [6, 6.07) is 16.7. The minimum atomic E-state index is -3.24. The van der Waals surface area contributed by atoms with Gasteiger partial charge in [0.05, 0.1) is 10.6 Å². The summed E-state index contributed by atoms with van der Waals surface area (Å²) in [6.45, 7) is 1.26. The maximum absolute atomic E-state index is 12.3. The lowest BCUT2D eigenvalue weighted by Crippen LogP contribution is -2.39. The summed E-state index contributed by atoms with van der Waals surface area (Å²) in [7, 11) is 0.444. The fourth-order valence-corrected chi connectivity index (χ4v) is 4.13. The van der Waals surface area contributed by atoms with Crippen molar-refractivity contribution in [1.82, 2.24) is 10.2 Å². The first kappa shape index (κ1) is 20.5. The third kappa shape index (κ3) is 6.14. The van der Waals surface area contributed by atoms with E-state index in [0.717, 1.165) is 17.0 Å². The summed E-state index contributed by atoms with van der Waals surface area (Å²) in [4.78, 5) is 6.65. The molecule has 0 aliphatic heterocycles. The van der Waals surface area contributed by atoms with E-state index in [-0.39, 0.29) is 5.75 Å². The van der Waals surface area contributed by atoms with Crippen LogP contribution in [0.4, 0.5) is 0 Å². The highest BCUT2D eigenvalue weighted by Gasteiger charge is 2.13. The highest BCUT2D eigenvalue weighted by atomic mass is 79.9. The normalized spacial score (nSPS) is 12.0. The highest BCUT2D eigenvalue weighted by Crippen LogP contribution is 2.12. The van der Waals surface area contributed by atoms with Gasteiger partial charge >= 0.3 is 0 Å². The zero-order valence-electron chi connectivity index (χ0n) is 15.0. The highest BCUT2D eigenvalue weighted by molar-refractivity contribution is 9.10. The number of nitrogens with one attached hydrogen (secondary N) is 1. The van der Waals surface area contributed by atoms with Crippen LogP contribution in [-0.4, -0.2) is 45.7 Å². The van der Waals surface area contributed by atoms with Gasteiger partial charge in [0.1, 0.15) is 0 Å². The van der Waals surface area contributed by atoms with Crippen molar-refractivity contribution < 1.29 is 8.42 Å². The van der Waals surface area contributed by atoms with Crippen LogP contribution in [0.25, 0.3) is 0 Å². The third-order valence-electron chi connectivity index (χ3n) is 3.88. The number of hydrogen-bond donors (Lipinski definition) is 1. The molecule has 0 aliphatic carbocycles. The van der Waals surface area contributed by atoms with Crippen LogP contribution in [0, 0.1) is 0 Å². The molecule has 2 aromatic rings. The van der Waals surface area contributed by atoms with Crippen LogP contribution in [0.3, 0.4) is 0 Å². The van der Waals surface area contributed by atoms with E-state index < -0.39 is 9.84 Å². The quantitative estimate of drug-likeness (QED) is 0.409. The summed E-state index contributed by atoms with van der Waals surface area (Å²) >= 11 is 3.43. The van der Waals surface area contributed by atoms with E-state index in [4.69, 9.17) is 0 Å². The second kappa shape index (κ2) is 9.73. The molecule has 2 aromatic carbocycles. The molecule has 0 unspecified atom stereocenters. The fraction of sp³-hybridized carbons (Fsp3) is 0.316. The topological polar surface area (TPSA) is 61.8 Å². The number of rotatable bonds is 7. The van der Waals surface area contributed by atoms with Gasteiger partial charge in [0.25, 0.3) is 0 Å². The number of benzene rings is 2. The van der Waals surface area contributed by atoms with E-state index in [1.165, 1.54) is 5.56 Å². The van der Waals surface area contributed by atoms with Gasteiger partial charge in [-0.1, -0.05) is 46.3 Å². The second-order valence-electron chi connectivity index (χ2n) is 5.94. The predicted molar refractivity (Wildman–Crippen MR) is 110 cm³/mol. The Hall–Kier alpha value is -1.86. The minimum Gasteiger partial charge on any atom is -0.356 e. The van der Waals surface area contributed by atoms with E-state index in [0.29, 0.717) is 17.9 Å². The summed E-state index contributed by atoms with van der Waals surface area (Å²) in [5.74, 6) is 0.849. The van der Waals surface area contributed by atoms with Crippen molar-refractivity contribution in [2.45, 2.75) is 17.9 Å². The van der Waals surface area contributed by atoms with Gasteiger partial charge in [-0.25, -0.2) is 8.42 Å². The van der Waals surface area contributed by atoms with E-state index >= 15 is 0 Å². The fourth-order valence-electron chi connectivity index (χ4n) is 2.53. The maximum Gasteiger partial charge on any atom is 0.193 e. The number of halogens is 1. The van der Waals surface area contributed by atoms with Crippen LogP contribution in [0.5, 0.6) is 0 Å². The van der Waals surface area contributed by atoms with E-state index in [1.54, 1.807) is 31.3 Å². The molecule has 7 heteroatoms. The Balaban J connectivity index is 1.82. The van der Waals surface area contributed by atoms with Gasteiger partial charge in [0.2, 0.25) is 0 Å². The molecule has 0 bridgehead atoms. The van der Waals surface area contributed by atoms with Gasteiger partial charge in [-0.15, -0.1) is 0 Å². The van der Waals surface area contributed by atoms with Crippen molar-refractivity contribution in [2.75, 3.05) is 26.4 Å². The number of hydrogen-bond acceptors (Lipinski definition) is 3. The average molecular weight is 438 g/mol. The van der Waals surface area contributed by atoms with Crippen LogP contribution in [-0.2, 0) is 16.4 Å². The molecule has 26 heavy (non-hydrogen) atoms. The van der Waals surface area contributed by atoms with Crippen molar-refractivity contribution >= 4 is 31.7 Å². The van der Waals surface area contributed by atoms with Crippen molar-refractivity contribution in [3.63, 3.8) is 0 Å². The van der Waals surface area contributed by atoms with Gasteiger partial charge in [-0.05, 0) is 36.2 Å². The molecule has 2 rings (SSSR count). The van der Waals surface area contributed by atoms with Crippen LogP contribution < -0.4 is 5.32 Å². The number of guanidine groups is 1. The second-order valence-corrected chi connectivity index (χ2v) is 8.97. The molecule has 5 nitrogen and oxygen atoms in total. The van der Waals surface area contributed by atoms with Crippen LogP contribution >= 0.6 is 15.9 Å². The molecular formula is C19H24BrN3O2S. The lowest BCUT2D eigenvalue weighted by molar-refractivity contribution is 0.476. The van der Waals surface area contributed by atoms with Gasteiger partial charge in [0, 0.05) is 31.7 Å². The largest absolute Gasteiger partial charge is 0.356 e. The molecule has 0 fully saturated rings. The molecule has 0 amide bonds. The lowest BCUT2D eigenvalue weighted by atomic mass is 10.2. The molecule has 0 aromatic heterocycles. The summed E-state index contributed by atoms with van der Waals surface area (Å²) in [6.07, 6.45) is 0.516. The summed E-state index contributed by atoms with van der Waals surface area (Å²) < 4.78 is 25.6. The molecule has 0 saturated heterocycles. The zero-order valence-corrected chi connectivity index (χ0v) is 17.4. The van der Waals surface area contributed by atoms with Crippen molar-refractivity contribution in [2.24, 2.45) is 4.99 Å². The Morgan fingerprint density at radius 3 is 2.38 bits per heavy atom.